The first-order valence-electron chi connectivity index (χ1n) is 8.44. The number of carbonyl (C=O) groups excluding carboxylic acids is 1. The third-order valence-electron chi connectivity index (χ3n) is 4.55. The maximum Gasteiger partial charge on any atom is 0.278 e. The van der Waals surface area contributed by atoms with Crippen LogP contribution in [0.4, 0.5) is 0 Å². The monoisotopic (exact) mass is 305 g/mol. The van der Waals surface area contributed by atoms with Crippen molar-refractivity contribution in [2.75, 3.05) is 13.7 Å². The quantitative estimate of drug-likeness (QED) is 0.802. The molecule has 0 bridgehead atoms. The Bertz CT molecular complexity index is 466. The molecule has 122 valence electrons. The Balaban J connectivity index is 1.84. The molecule has 0 spiro atoms. The zero-order valence-corrected chi connectivity index (χ0v) is 14.0. The lowest BCUT2D eigenvalue weighted by molar-refractivity contribution is -0.908. The summed E-state index contributed by atoms with van der Waals surface area (Å²) in [6.45, 7) is 5.51. The Hall–Kier alpha value is -1.55. The highest BCUT2D eigenvalue weighted by Gasteiger charge is 2.25. The highest BCUT2D eigenvalue weighted by Crippen LogP contribution is 2.17. The van der Waals surface area contributed by atoms with Crippen LogP contribution in [0.25, 0.3) is 0 Å². The molecule has 0 saturated heterocycles. The first kappa shape index (κ1) is 16.8. The largest absolute Gasteiger partial charge is 0.494 e. The molecule has 22 heavy (non-hydrogen) atoms. The fourth-order valence-electron chi connectivity index (χ4n) is 2.97. The highest BCUT2D eigenvalue weighted by molar-refractivity contribution is 5.80. The van der Waals surface area contributed by atoms with Crippen LogP contribution in [0.5, 0.6) is 5.75 Å². The van der Waals surface area contributed by atoms with Crippen LogP contribution in [-0.4, -0.2) is 31.6 Å². The molecule has 2 rings (SSSR count). The summed E-state index contributed by atoms with van der Waals surface area (Å²) in [5.74, 6) is 1.08. The Labute approximate surface area is 133 Å². The van der Waals surface area contributed by atoms with E-state index in [4.69, 9.17) is 4.74 Å². The van der Waals surface area contributed by atoms with Gasteiger partial charge in [-0.1, -0.05) is 12.8 Å². The average Bonchev–Trinajstić information content (AvgIpc) is 3.01. The van der Waals surface area contributed by atoms with Crippen molar-refractivity contribution in [1.82, 2.24) is 5.32 Å². The van der Waals surface area contributed by atoms with Gasteiger partial charge in [0, 0.05) is 11.6 Å². The summed E-state index contributed by atoms with van der Waals surface area (Å²) in [5, 5.41) is 3.19. The zero-order chi connectivity index (χ0) is 15.9. The van der Waals surface area contributed by atoms with Crippen molar-refractivity contribution in [3.63, 3.8) is 0 Å². The van der Waals surface area contributed by atoms with Gasteiger partial charge in [0.15, 0.2) is 6.04 Å². The summed E-state index contributed by atoms with van der Waals surface area (Å²) in [6.07, 6.45) is 4.76. The summed E-state index contributed by atoms with van der Waals surface area (Å²) >= 11 is 0. The second kappa shape index (κ2) is 8.18. The van der Waals surface area contributed by atoms with Crippen LogP contribution in [0.15, 0.2) is 24.3 Å². The summed E-state index contributed by atoms with van der Waals surface area (Å²) in [7, 11) is 2.08. The van der Waals surface area contributed by atoms with Gasteiger partial charge in [0.1, 0.15) is 12.3 Å². The van der Waals surface area contributed by atoms with Gasteiger partial charge in [0.2, 0.25) is 0 Å². The third-order valence-corrected chi connectivity index (χ3v) is 4.55. The van der Waals surface area contributed by atoms with E-state index in [0.717, 1.165) is 25.1 Å². The van der Waals surface area contributed by atoms with Gasteiger partial charge in [-0.05, 0) is 51.0 Å². The minimum atomic E-state index is -0.0350. The number of rotatable bonds is 7. The second-order valence-electron chi connectivity index (χ2n) is 6.31. The van der Waals surface area contributed by atoms with E-state index >= 15 is 0 Å². The van der Waals surface area contributed by atoms with Crippen molar-refractivity contribution in [3.8, 4) is 5.75 Å². The fourth-order valence-corrected chi connectivity index (χ4v) is 2.97. The van der Waals surface area contributed by atoms with Crippen LogP contribution < -0.4 is 15.0 Å². The van der Waals surface area contributed by atoms with Gasteiger partial charge in [0.05, 0.1) is 13.7 Å². The maximum absolute atomic E-state index is 12.3. The molecule has 1 aromatic rings. The Morgan fingerprint density at radius 2 is 1.95 bits per heavy atom. The standard InChI is InChI=1S/C18H28N2O2/c1-4-22-17-11-9-15(10-12-17)13-20(3)14(2)18(21)19-16-7-5-6-8-16/h9-12,14,16H,4-8,13H2,1-3H3,(H,19,21)/p+1/t14-/m0/s1. The van der Waals surface area contributed by atoms with Crippen LogP contribution in [0.3, 0.4) is 0 Å². The first-order valence-corrected chi connectivity index (χ1v) is 8.44. The molecule has 1 unspecified atom stereocenters. The maximum atomic E-state index is 12.3. The molecule has 4 heteroatoms. The average molecular weight is 305 g/mol. The van der Waals surface area contributed by atoms with Crippen molar-refractivity contribution in [3.05, 3.63) is 29.8 Å². The van der Waals surface area contributed by atoms with Crippen LogP contribution in [0, 0.1) is 0 Å². The molecule has 0 aromatic heterocycles. The molecule has 4 nitrogen and oxygen atoms in total. The summed E-state index contributed by atoms with van der Waals surface area (Å²) in [5.41, 5.74) is 1.22. The molecule has 0 aliphatic heterocycles. The predicted octanol–water partition coefficient (Wildman–Crippen LogP) is 1.55. The number of quaternary nitrogens is 1. The summed E-state index contributed by atoms with van der Waals surface area (Å²) in [4.78, 5) is 13.5. The van der Waals surface area contributed by atoms with E-state index in [-0.39, 0.29) is 11.9 Å². The molecule has 1 amide bonds. The smallest absolute Gasteiger partial charge is 0.278 e. The minimum absolute atomic E-state index is 0.0350. The molecule has 1 fully saturated rings. The number of amides is 1. The van der Waals surface area contributed by atoms with Crippen molar-refractivity contribution in [1.29, 1.82) is 0 Å². The number of carbonyl (C=O) groups is 1. The van der Waals surface area contributed by atoms with Crippen molar-refractivity contribution >= 4 is 5.91 Å². The van der Waals surface area contributed by atoms with Gasteiger partial charge in [0.25, 0.3) is 5.91 Å². The van der Waals surface area contributed by atoms with E-state index in [9.17, 15) is 4.79 Å². The predicted molar refractivity (Wildman–Crippen MR) is 88.1 cm³/mol. The minimum Gasteiger partial charge on any atom is -0.494 e. The molecule has 1 aliphatic carbocycles. The summed E-state index contributed by atoms with van der Waals surface area (Å²) in [6, 6.07) is 8.51. The SMILES string of the molecule is CCOc1ccc(C[NH+](C)[C@@H](C)C(=O)NC2CCCC2)cc1. The Morgan fingerprint density at radius 3 is 2.55 bits per heavy atom. The summed E-state index contributed by atoms with van der Waals surface area (Å²) < 4.78 is 5.45. The van der Waals surface area contributed by atoms with E-state index in [0.29, 0.717) is 12.6 Å². The zero-order valence-electron chi connectivity index (χ0n) is 14.0. The molecule has 2 atom stereocenters. The van der Waals surface area contributed by atoms with Crippen LogP contribution in [-0.2, 0) is 11.3 Å². The number of nitrogens with one attached hydrogen (secondary N) is 2. The lowest BCUT2D eigenvalue weighted by Gasteiger charge is -2.23. The van der Waals surface area contributed by atoms with Gasteiger partial charge in [-0.15, -0.1) is 0 Å². The Kier molecular flexibility index (Phi) is 6.25. The van der Waals surface area contributed by atoms with E-state index in [1.165, 1.54) is 23.3 Å². The van der Waals surface area contributed by atoms with Gasteiger partial charge >= 0.3 is 0 Å². The lowest BCUT2D eigenvalue weighted by Crippen LogP contribution is -3.12. The van der Waals surface area contributed by atoms with E-state index in [1.807, 2.05) is 26.0 Å². The molecular formula is C18H29N2O2+. The number of benzene rings is 1. The number of likely N-dealkylation sites (N-methyl/N-ethyl adjacent to an activating group) is 1. The molecule has 1 aliphatic rings. The lowest BCUT2D eigenvalue weighted by atomic mass is 10.1. The van der Waals surface area contributed by atoms with Crippen molar-refractivity contribution < 1.29 is 14.4 Å². The molecular weight excluding hydrogens is 276 g/mol. The van der Waals surface area contributed by atoms with Gasteiger partial charge in [-0.3, -0.25) is 4.79 Å². The number of hydrogen-bond acceptors (Lipinski definition) is 2. The van der Waals surface area contributed by atoms with Gasteiger partial charge in [-0.25, -0.2) is 0 Å². The van der Waals surface area contributed by atoms with Crippen molar-refractivity contribution in [2.45, 2.75) is 58.2 Å². The van der Waals surface area contributed by atoms with E-state index in [1.54, 1.807) is 0 Å². The van der Waals surface area contributed by atoms with Gasteiger partial charge < -0.3 is 15.0 Å². The molecule has 2 N–H and O–H groups in total. The number of ether oxygens (including phenoxy) is 1. The van der Waals surface area contributed by atoms with Crippen LogP contribution >= 0.6 is 0 Å². The van der Waals surface area contributed by atoms with Crippen molar-refractivity contribution in [2.24, 2.45) is 0 Å². The second-order valence-corrected chi connectivity index (χ2v) is 6.31. The van der Waals surface area contributed by atoms with E-state index in [2.05, 4.69) is 24.5 Å². The molecule has 0 radical (unpaired) electrons. The molecule has 1 saturated carbocycles. The van der Waals surface area contributed by atoms with E-state index < -0.39 is 0 Å². The van der Waals surface area contributed by atoms with Crippen LogP contribution in [0.2, 0.25) is 0 Å². The first-order chi connectivity index (χ1) is 10.6. The fraction of sp³-hybridized carbons (Fsp3) is 0.611. The van der Waals surface area contributed by atoms with Gasteiger partial charge in [-0.2, -0.15) is 0 Å². The Morgan fingerprint density at radius 1 is 1.32 bits per heavy atom. The topological polar surface area (TPSA) is 42.8 Å². The normalized spacial score (nSPS) is 18.0. The third kappa shape index (κ3) is 4.73. The molecule has 1 aromatic carbocycles. The highest BCUT2D eigenvalue weighted by atomic mass is 16.5. The molecule has 0 heterocycles. The number of hydrogen-bond donors (Lipinski definition) is 2. The van der Waals surface area contributed by atoms with Crippen LogP contribution in [0.1, 0.15) is 45.1 Å².